The molecule has 2 rings (SSSR count). The lowest BCUT2D eigenvalue weighted by molar-refractivity contribution is -0.120. The van der Waals surface area contributed by atoms with Gasteiger partial charge < -0.3 is 5.32 Å². The van der Waals surface area contributed by atoms with E-state index in [-0.39, 0.29) is 24.7 Å². The molecular formula is C17H17ClN4O2. The molecule has 0 aliphatic carbocycles. The number of carbonyl (C=O) groups is 2. The van der Waals surface area contributed by atoms with Crippen LogP contribution in [0.25, 0.3) is 0 Å². The fraction of sp³-hybridized carbons (Fsp3) is 0.176. The highest BCUT2D eigenvalue weighted by Crippen LogP contribution is 2.09. The molecular weight excluding hydrogens is 328 g/mol. The van der Waals surface area contributed by atoms with Crippen LogP contribution < -0.4 is 10.7 Å². The Morgan fingerprint density at radius 3 is 2.54 bits per heavy atom. The standard InChI is InChI=1S/C17H17ClN4O2/c1-12(10-16(23)20-15-4-2-3-9-19-15)21-22-17(24)11-13-5-7-14(18)8-6-13/h2-9H,10-11H2,1H3,(H,22,24)(H,19,20,23). The number of rotatable bonds is 6. The number of aromatic nitrogens is 1. The molecule has 0 saturated carbocycles. The maximum absolute atomic E-state index is 11.8. The summed E-state index contributed by atoms with van der Waals surface area (Å²) in [6, 6.07) is 12.2. The minimum absolute atomic E-state index is 0.0673. The van der Waals surface area contributed by atoms with Crippen LogP contribution in [0.5, 0.6) is 0 Å². The number of hydrogen-bond acceptors (Lipinski definition) is 4. The Kier molecular flexibility index (Phi) is 6.45. The van der Waals surface area contributed by atoms with E-state index in [1.165, 1.54) is 0 Å². The predicted octanol–water partition coefficient (Wildman–Crippen LogP) is 2.80. The number of amides is 2. The second-order valence-corrected chi connectivity index (χ2v) is 5.56. The Morgan fingerprint density at radius 2 is 1.88 bits per heavy atom. The van der Waals surface area contributed by atoms with E-state index in [0.29, 0.717) is 16.6 Å². The first-order valence-corrected chi connectivity index (χ1v) is 7.68. The summed E-state index contributed by atoms with van der Waals surface area (Å²) in [6.07, 6.45) is 1.85. The summed E-state index contributed by atoms with van der Waals surface area (Å²) in [5, 5.41) is 7.20. The molecule has 0 fully saturated rings. The van der Waals surface area contributed by atoms with Crippen molar-refractivity contribution in [2.24, 2.45) is 5.10 Å². The van der Waals surface area contributed by atoms with Crippen molar-refractivity contribution >= 4 is 34.9 Å². The first kappa shape index (κ1) is 17.6. The van der Waals surface area contributed by atoms with Gasteiger partial charge in [0.05, 0.1) is 12.8 Å². The Bertz CT molecular complexity index is 730. The van der Waals surface area contributed by atoms with Gasteiger partial charge in [0.25, 0.3) is 0 Å². The van der Waals surface area contributed by atoms with Crippen LogP contribution in [-0.4, -0.2) is 22.5 Å². The molecule has 0 aliphatic heterocycles. The Balaban J connectivity index is 1.79. The average Bonchev–Trinajstić information content (AvgIpc) is 2.56. The number of hydrogen-bond donors (Lipinski definition) is 2. The van der Waals surface area contributed by atoms with Gasteiger partial charge in [-0.15, -0.1) is 0 Å². The van der Waals surface area contributed by atoms with Crippen LogP contribution in [0.3, 0.4) is 0 Å². The molecule has 0 atom stereocenters. The van der Waals surface area contributed by atoms with Gasteiger partial charge in [-0.05, 0) is 36.8 Å². The van der Waals surface area contributed by atoms with E-state index in [1.807, 2.05) is 0 Å². The van der Waals surface area contributed by atoms with Gasteiger partial charge in [0.2, 0.25) is 11.8 Å². The minimum atomic E-state index is -0.262. The van der Waals surface area contributed by atoms with E-state index in [4.69, 9.17) is 11.6 Å². The summed E-state index contributed by atoms with van der Waals surface area (Å²) in [5.74, 6) is -0.0363. The zero-order valence-electron chi connectivity index (χ0n) is 13.1. The monoisotopic (exact) mass is 344 g/mol. The molecule has 0 aliphatic rings. The number of halogens is 1. The highest BCUT2D eigenvalue weighted by atomic mass is 35.5. The number of pyridine rings is 1. The van der Waals surface area contributed by atoms with Gasteiger partial charge in [0, 0.05) is 16.9 Å². The SMILES string of the molecule is CC(CC(=O)Nc1ccccn1)=NNC(=O)Cc1ccc(Cl)cc1. The number of hydrazone groups is 1. The van der Waals surface area contributed by atoms with E-state index in [1.54, 1.807) is 55.6 Å². The molecule has 1 aromatic heterocycles. The fourth-order valence-electron chi connectivity index (χ4n) is 1.88. The van der Waals surface area contributed by atoms with Crippen molar-refractivity contribution in [1.82, 2.24) is 10.4 Å². The van der Waals surface area contributed by atoms with Crippen molar-refractivity contribution in [3.63, 3.8) is 0 Å². The van der Waals surface area contributed by atoms with Gasteiger partial charge in [-0.25, -0.2) is 10.4 Å². The largest absolute Gasteiger partial charge is 0.310 e. The minimum Gasteiger partial charge on any atom is -0.310 e. The molecule has 24 heavy (non-hydrogen) atoms. The second-order valence-electron chi connectivity index (χ2n) is 5.13. The van der Waals surface area contributed by atoms with E-state index in [9.17, 15) is 9.59 Å². The van der Waals surface area contributed by atoms with Crippen LogP contribution in [0.4, 0.5) is 5.82 Å². The predicted molar refractivity (Wildman–Crippen MR) is 93.9 cm³/mol. The zero-order chi connectivity index (χ0) is 17.4. The molecule has 1 aromatic carbocycles. The lowest BCUT2D eigenvalue weighted by atomic mass is 10.1. The van der Waals surface area contributed by atoms with E-state index in [2.05, 4.69) is 20.8 Å². The number of carbonyl (C=O) groups excluding carboxylic acids is 2. The van der Waals surface area contributed by atoms with Crippen molar-refractivity contribution in [1.29, 1.82) is 0 Å². The third-order valence-electron chi connectivity index (χ3n) is 3.00. The van der Waals surface area contributed by atoms with Crippen molar-refractivity contribution < 1.29 is 9.59 Å². The summed E-state index contributed by atoms with van der Waals surface area (Å²) in [7, 11) is 0. The topological polar surface area (TPSA) is 83.4 Å². The van der Waals surface area contributed by atoms with Crippen molar-refractivity contribution in [3.05, 3.63) is 59.2 Å². The highest BCUT2D eigenvalue weighted by Gasteiger charge is 2.06. The van der Waals surface area contributed by atoms with Crippen molar-refractivity contribution in [3.8, 4) is 0 Å². The quantitative estimate of drug-likeness (QED) is 0.624. The number of anilines is 1. The molecule has 0 bridgehead atoms. The van der Waals surface area contributed by atoms with Crippen LogP contribution >= 0.6 is 11.6 Å². The van der Waals surface area contributed by atoms with Crippen LogP contribution in [-0.2, 0) is 16.0 Å². The molecule has 7 heteroatoms. The molecule has 6 nitrogen and oxygen atoms in total. The van der Waals surface area contributed by atoms with Crippen LogP contribution in [0, 0.1) is 0 Å². The summed E-state index contributed by atoms with van der Waals surface area (Å²) < 4.78 is 0. The number of nitrogens with zero attached hydrogens (tertiary/aromatic N) is 2. The third-order valence-corrected chi connectivity index (χ3v) is 3.25. The maximum atomic E-state index is 11.8. The molecule has 2 aromatic rings. The van der Waals surface area contributed by atoms with Gasteiger partial charge in [-0.1, -0.05) is 29.8 Å². The second kappa shape index (κ2) is 8.79. The van der Waals surface area contributed by atoms with Crippen molar-refractivity contribution in [2.75, 3.05) is 5.32 Å². The zero-order valence-corrected chi connectivity index (χ0v) is 13.9. The summed E-state index contributed by atoms with van der Waals surface area (Å²) in [6.45, 7) is 1.67. The average molecular weight is 345 g/mol. The van der Waals surface area contributed by atoms with Gasteiger partial charge >= 0.3 is 0 Å². The van der Waals surface area contributed by atoms with Crippen LogP contribution in [0.2, 0.25) is 5.02 Å². The summed E-state index contributed by atoms with van der Waals surface area (Å²) in [5.41, 5.74) is 3.76. The van der Waals surface area contributed by atoms with Gasteiger partial charge in [-0.2, -0.15) is 5.10 Å². The smallest absolute Gasteiger partial charge is 0.244 e. The van der Waals surface area contributed by atoms with Crippen LogP contribution in [0.1, 0.15) is 18.9 Å². The highest BCUT2D eigenvalue weighted by molar-refractivity contribution is 6.30. The molecule has 1 heterocycles. The molecule has 2 N–H and O–H groups in total. The first-order chi connectivity index (χ1) is 11.5. The first-order valence-electron chi connectivity index (χ1n) is 7.30. The van der Waals surface area contributed by atoms with Gasteiger partial charge in [-0.3, -0.25) is 9.59 Å². The Morgan fingerprint density at radius 1 is 1.12 bits per heavy atom. The van der Waals surface area contributed by atoms with Gasteiger partial charge in [0.1, 0.15) is 5.82 Å². The molecule has 124 valence electrons. The summed E-state index contributed by atoms with van der Waals surface area (Å²) in [4.78, 5) is 27.7. The Hall–Kier alpha value is -2.73. The van der Waals surface area contributed by atoms with Crippen LogP contribution in [0.15, 0.2) is 53.8 Å². The third kappa shape index (κ3) is 6.18. The lowest BCUT2D eigenvalue weighted by Gasteiger charge is -2.05. The van der Waals surface area contributed by atoms with E-state index in [0.717, 1.165) is 5.56 Å². The lowest BCUT2D eigenvalue weighted by Crippen LogP contribution is -2.23. The van der Waals surface area contributed by atoms with Crippen molar-refractivity contribution in [2.45, 2.75) is 19.8 Å². The Labute approximate surface area is 144 Å². The number of benzene rings is 1. The molecule has 2 amide bonds. The van der Waals surface area contributed by atoms with E-state index >= 15 is 0 Å². The molecule has 0 radical (unpaired) electrons. The number of nitrogens with one attached hydrogen (secondary N) is 2. The summed E-state index contributed by atoms with van der Waals surface area (Å²) >= 11 is 5.79. The van der Waals surface area contributed by atoms with E-state index < -0.39 is 0 Å². The normalized spacial score (nSPS) is 11.0. The van der Waals surface area contributed by atoms with Gasteiger partial charge in [0.15, 0.2) is 0 Å². The maximum Gasteiger partial charge on any atom is 0.244 e. The molecule has 0 spiro atoms. The molecule has 0 saturated heterocycles. The molecule has 0 unspecified atom stereocenters. The fourth-order valence-corrected chi connectivity index (χ4v) is 2.01.